The fraction of sp³-hybridized carbons (Fsp3) is 0.476. The number of carbonyl (C=O) groups is 1. The first kappa shape index (κ1) is 20.1. The van der Waals surface area contributed by atoms with Crippen LogP contribution in [0.4, 0.5) is 5.82 Å². The number of rotatable bonds is 6. The molecule has 1 aliphatic heterocycles. The number of fused-ring (bicyclic) bond motifs is 1. The molecule has 0 spiro atoms. The van der Waals surface area contributed by atoms with Gasteiger partial charge in [0.05, 0.1) is 12.7 Å². The molecule has 4 heterocycles. The molecule has 1 saturated heterocycles. The number of methoxy groups -OCH3 is 1. The Bertz CT molecular complexity index is 1020. The Balaban J connectivity index is 1.49. The molecule has 1 amide bonds. The number of anilines is 1. The van der Waals surface area contributed by atoms with Crippen LogP contribution in [0.2, 0.25) is 0 Å². The highest BCUT2D eigenvalue weighted by Crippen LogP contribution is 2.20. The molecule has 0 atom stereocenters. The van der Waals surface area contributed by atoms with Crippen LogP contribution in [0.25, 0.3) is 5.78 Å². The van der Waals surface area contributed by atoms with Crippen LogP contribution in [0.1, 0.15) is 42.1 Å². The number of ether oxygens (including phenoxy) is 1. The van der Waals surface area contributed by atoms with E-state index in [4.69, 9.17) is 9.72 Å². The Morgan fingerprint density at radius 3 is 2.57 bits per heavy atom. The van der Waals surface area contributed by atoms with E-state index in [9.17, 15) is 4.79 Å². The van der Waals surface area contributed by atoms with Gasteiger partial charge in [-0.15, -0.1) is 10.2 Å². The summed E-state index contributed by atoms with van der Waals surface area (Å²) in [6.07, 6.45) is 4.37. The second kappa shape index (κ2) is 8.64. The number of nitrogens with zero attached hydrogens (tertiary/aromatic N) is 7. The van der Waals surface area contributed by atoms with Crippen LogP contribution in [0.5, 0.6) is 5.88 Å². The minimum absolute atomic E-state index is 0.00932. The molecule has 0 N–H and O–H groups in total. The standard InChI is InChI=1S/C21H27N7O2/c1-4-6-16-13-18(23-21-25-24-17(5-2)28(16)21)26-9-11-27(12-10-26)20(29)15-7-8-19(30-3)22-14-15/h7-8,13-14H,4-6,9-12H2,1-3H3. The van der Waals surface area contributed by atoms with E-state index in [1.165, 1.54) is 5.69 Å². The maximum absolute atomic E-state index is 12.8. The summed E-state index contributed by atoms with van der Waals surface area (Å²) in [4.78, 5) is 25.7. The molecule has 3 aromatic heterocycles. The number of amides is 1. The SMILES string of the molecule is CCCc1cc(N2CCN(C(=O)c3ccc(OC)nc3)CC2)nc2nnc(CC)n12. The summed E-state index contributed by atoms with van der Waals surface area (Å²) < 4.78 is 7.14. The minimum atomic E-state index is -0.00932. The molecule has 1 fully saturated rings. The summed E-state index contributed by atoms with van der Waals surface area (Å²) >= 11 is 0. The molecule has 0 aromatic carbocycles. The lowest BCUT2D eigenvalue weighted by Crippen LogP contribution is -2.49. The van der Waals surface area contributed by atoms with Gasteiger partial charge in [-0.25, -0.2) is 4.98 Å². The Morgan fingerprint density at radius 2 is 1.93 bits per heavy atom. The molecule has 9 nitrogen and oxygen atoms in total. The van der Waals surface area contributed by atoms with E-state index in [0.717, 1.165) is 44.0 Å². The number of piperazine rings is 1. The molecule has 4 rings (SSSR count). The van der Waals surface area contributed by atoms with Gasteiger partial charge in [-0.2, -0.15) is 4.98 Å². The smallest absolute Gasteiger partial charge is 0.257 e. The summed E-state index contributed by atoms with van der Waals surface area (Å²) in [5.41, 5.74) is 1.76. The third kappa shape index (κ3) is 3.79. The minimum Gasteiger partial charge on any atom is -0.481 e. The topological polar surface area (TPSA) is 88.8 Å². The quantitative estimate of drug-likeness (QED) is 0.615. The lowest BCUT2D eigenvalue weighted by atomic mass is 10.2. The fourth-order valence-electron chi connectivity index (χ4n) is 3.80. The van der Waals surface area contributed by atoms with Gasteiger partial charge in [0, 0.05) is 56.6 Å². The third-order valence-electron chi connectivity index (χ3n) is 5.42. The van der Waals surface area contributed by atoms with Crippen molar-refractivity contribution in [2.75, 3.05) is 38.2 Å². The second-order valence-electron chi connectivity index (χ2n) is 7.33. The van der Waals surface area contributed by atoms with E-state index >= 15 is 0 Å². The van der Waals surface area contributed by atoms with Gasteiger partial charge in [-0.3, -0.25) is 9.20 Å². The molecular formula is C21H27N7O2. The van der Waals surface area contributed by atoms with Gasteiger partial charge in [-0.05, 0) is 12.5 Å². The number of carbonyl (C=O) groups excluding carboxylic acids is 1. The lowest BCUT2D eigenvalue weighted by Gasteiger charge is -2.35. The maximum atomic E-state index is 12.8. The molecular weight excluding hydrogens is 382 g/mol. The molecule has 0 bridgehead atoms. The first-order chi connectivity index (χ1) is 14.6. The van der Waals surface area contributed by atoms with Gasteiger partial charge in [0.25, 0.3) is 11.7 Å². The van der Waals surface area contributed by atoms with Crippen LogP contribution in [0, 0.1) is 0 Å². The molecule has 1 aliphatic rings. The predicted octanol–water partition coefficient (Wildman–Crippen LogP) is 2.01. The van der Waals surface area contributed by atoms with Crippen molar-refractivity contribution in [2.45, 2.75) is 33.1 Å². The zero-order chi connectivity index (χ0) is 21.1. The van der Waals surface area contributed by atoms with Crippen molar-refractivity contribution < 1.29 is 9.53 Å². The van der Waals surface area contributed by atoms with Gasteiger partial charge in [0.1, 0.15) is 11.6 Å². The number of aromatic nitrogens is 5. The highest BCUT2D eigenvalue weighted by molar-refractivity contribution is 5.94. The molecule has 3 aromatic rings. The third-order valence-corrected chi connectivity index (χ3v) is 5.42. The zero-order valence-corrected chi connectivity index (χ0v) is 17.7. The number of hydrogen-bond acceptors (Lipinski definition) is 7. The molecule has 30 heavy (non-hydrogen) atoms. The highest BCUT2D eigenvalue weighted by atomic mass is 16.5. The van der Waals surface area contributed by atoms with Crippen molar-refractivity contribution in [1.29, 1.82) is 0 Å². The molecule has 9 heteroatoms. The Kier molecular flexibility index (Phi) is 5.78. The average Bonchev–Trinajstić information content (AvgIpc) is 3.22. The van der Waals surface area contributed by atoms with Gasteiger partial charge in [-0.1, -0.05) is 20.3 Å². The Labute approximate surface area is 175 Å². The van der Waals surface area contributed by atoms with Gasteiger partial charge in [0.15, 0.2) is 0 Å². The predicted molar refractivity (Wildman–Crippen MR) is 113 cm³/mol. The van der Waals surface area contributed by atoms with Gasteiger partial charge >= 0.3 is 0 Å². The number of aryl methyl sites for hydroxylation is 2. The molecule has 0 radical (unpaired) electrons. The summed E-state index contributed by atoms with van der Waals surface area (Å²) in [5, 5.41) is 8.57. The summed E-state index contributed by atoms with van der Waals surface area (Å²) in [6.45, 7) is 6.95. The summed E-state index contributed by atoms with van der Waals surface area (Å²) in [5.74, 6) is 2.98. The van der Waals surface area contributed by atoms with Crippen LogP contribution >= 0.6 is 0 Å². The molecule has 158 valence electrons. The van der Waals surface area contributed by atoms with Crippen LogP contribution < -0.4 is 9.64 Å². The van der Waals surface area contributed by atoms with E-state index in [1.807, 2.05) is 4.90 Å². The van der Waals surface area contributed by atoms with Crippen molar-refractivity contribution in [3.8, 4) is 5.88 Å². The van der Waals surface area contributed by atoms with E-state index in [0.29, 0.717) is 30.3 Å². The Hall–Kier alpha value is -3.23. The van der Waals surface area contributed by atoms with Crippen molar-refractivity contribution in [3.63, 3.8) is 0 Å². The second-order valence-corrected chi connectivity index (χ2v) is 7.33. The Morgan fingerprint density at radius 1 is 1.13 bits per heavy atom. The normalized spacial score (nSPS) is 14.4. The maximum Gasteiger partial charge on any atom is 0.257 e. The van der Waals surface area contributed by atoms with Crippen LogP contribution in [-0.2, 0) is 12.8 Å². The average molecular weight is 409 g/mol. The molecule has 0 saturated carbocycles. The van der Waals surface area contributed by atoms with Crippen molar-refractivity contribution >= 4 is 17.5 Å². The van der Waals surface area contributed by atoms with E-state index in [1.54, 1.807) is 25.4 Å². The van der Waals surface area contributed by atoms with Crippen molar-refractivity contribution in [1.82, 2.24) is 29.5 Å². The number of hydrogen-bond donors (Lipinski definition) is 0. The first-order valence-corrected chi connectivity index (χ1v) is 10.4. The molecule has 0 aliphatic carbocycles. The van der Waals surface area contributed by atoms with Crippen LogP contribution in [0.15, 0.2) is 24.4 Å². The van der Waals surface area contributed by atoms with Gasteiger partial charge < -0.3 is 14.5 Å². The zero-order valence-electron chi connectivity index (χ0n) is 17.7. The van der Waals surface area contributed by atoms with Crippen LogP contribution in [-0.4, -0.2) is 68.7 Å². The lowest BCUT2D eigenvalue weighted by molar-refractivity contribution is 0.0746. The molecule has 0 unspecified atom stereocenters. The van der Waals surface area contributed by atoms with Crippen molar-refractivity contribution in [2.24, 2.45) is 0 Å². The van der Waals surface area contributed by atoms with E-state index < -0.39 is 0 Å². The largest absolute Gasteiger partial charge is 0.481 e. The van der Waals surface area contributed by atoms with Crippen LogP contribution in [0.3, 0.4) is 0 Å². The summed E-state index contributed by atoms with van der Waals surface area (Å²) in [6, 6.07) is 5.61. The monoisotopic (exact) mass is 409 g/mol. The fourth-order valence-corrected chi connectivity index (χ4v) is 3.80. The van der Waals surface area contributed by atoms with E-state index in [-0.39, 0.29) is 5.91 Å². The first-order valence-electron chi connectivity index (χ1n) is 10.4. The highest BCUT2D eigenvalue weighted by Gasteiger charge is 2.24. The van der Waals surface area contributed by atoms with Crippen molar-refractivity contribution in [3.05, 3.63) is 41.5 Å². The number of pyridine rings is 1. The summed E-state index contributed by atoms with van der Waals surface area (Å²) in [7, 11) is 1.56. The van der Waals surface area contributed by atoms with Gasteiger partial charge in [0.2, 0.25) is 5.88 Å². The van der Waals surface area contributed by atoms with E-state index in [2.05, 4.69) is 44.4 Å².